The van der Waals surface area contributed by atoms with Crippen molar-refractivity contribution in [1.82, 2.24) is 0 Å². The molecular weight excluding hydrogens is 287 g/mol. The monoisotopic (exact) mass is 306 g/mol. The molecule has 0 N–H and O–H groups in total. The Labute approximate surface area is 131 Å². The number of halogens is 2. The summed E-state index contributed by atoms with van der Waals surface area (Å²) in [6.45, 7) is 2.18. The Kier molecular flexibility index (Phi) is 5.94. The van der Waals surface area contributed by atoms with Gasteiger partial charge in [-0.3, -0.25) is 0 Å². The van der Waals surface area contributed by atoms with E-state index in [2.05, 4.69) is 43.3 Å². The highest BCUT2D eigenvalue weighted by Crippen LogP contribution is 2.18. The molecule has 0 fully saturated rings. The molecule has 0 aromatic heterocycles. The number of benzene rings is 2. The van der Waals surface area contributed by atoms with E-state index in [0.29, 0.717) is 11.8 Å². The molecule has 0 aliphatic heterocycles. The molecule has 106 valence electrons. The Morgan fingerprint density at radius 1 is 0.800 bits per heavy atom. The third-order valence-electron chi connectivity index (χ3n) is 3.61. The van der Waals surface area contributed by atoms with Crippen LogP contribution in [0.25, 0.3) is 0 Å². The lowest BCUT2D eigenvalue weighted by atomic mass is 9.93. The minimum atomic E-state index is 0.463. The smallest absolute Gasteiger partial charge is 0.0406 e. The normalized spacial score (nSPS) is 12.3. The number of rotatable bonds is 6. The predicted octanol–water partition coefficient (Wildman–Crippen LogP) is 5.54. The summed E-state index contributed by atoms with van der Waals surface area (Å²) < 4.78 is 0. The third-order valence-corrected chi connectivity index (χ3v) is 4.30. The molecule has 0 aliphatic carbocycles. The molecule has 2 aromatic rings. The Bertz CT molecular complexity index is 514. The van der Waals surface area contributed by atoms with Gasteiger partial charge in [0.2, 0.25) is 0 Å². The summed E-state index contributed by atoms with van der Waals surface area (Å²) in [6.07, 6.45) is 3.11. The minimum absolute atomic E-state index is 0.463. The summed E-state index contributed by atoms with van der Waals surface area (Å²) in [6, 6.07) is 16.9. The summed E-state index contributed by atoms with van der Waals surface area (Å²) in [5.74, 6) is 1.14. The zero-order chi connectivity index (χ0) is 14.4. The van der Waals surface area contributed by atoms with Crippen LogP contribution in [0, 0.1) is 5.92 Å². The maximum Gasteiger partial charge on any atom is 0.0406 e. The molecule has 20 heavy (non-hydrogen) atoms. The Balaban J connectivity index is 1.99. The van der Waals surface area contributed by atoms with Crippen LogP contribution in [-0.4, -0.2) is 5.88 Å². The molecule has 0 nitrogen and oxygen atoms in total. The molecule has 0 saturated heterocycles. The molecule has 1 unspecified atom stereocenters. The summed E-state index contributed by atoms with van der Waals surface area (Å²) in [5, 5.41) is 0.784. The summed E-state index contributed by atoms with van der Waals surface area (Å²) in [7, 11) is 0. The fourth-order valence-corrected chi connectivity index (χ4v) is 2.72. The minimum Gasteiger partial charge on any atom is -0.126 e. The van der Waals surface area contributed by atoms with Gasteiger partial charge < -0.3 is 0 Å². The highest BCUT2D eigenvalue weighted by Gasteiger charge is 2.10. The van der Waals surface area contributed by atoms with E-state index in [-0.39, 0.29) is 0 Å². The second kappa shape index (κ2) is 7.71. The standard InChI is InChI=1S/C18H20Cl2/c1-2-14-3-5-15(6-4-14)11-17(13-19)12-16-7-9-18(20)10-8-16/h3-10,17H,2,11-13H2,1H3. The van der Waals surface area contributed by atoms with Crippen LogP contribution in [0.3, 0.4) is 0 Å². The van der Waals surface area contributed by atoms with Crippen LogP contribution in [0.2, 0.25) is 5.02 Å². The molecule has 2 aromatic carbocycles. The van der Waals surface area contributed by atoms with Crippen LogP contribution in [0.1, 0.15) is 23.6 Å². The predicted molar refractivity (Wildman–Crippen MR) is 88.9 cm³/mol. The number of aryl methyl sites for hydroxylation is 1. The molecular formula is C18H20Cl2. The second-order valence-corrected chi connectivity index (χ2v) is 5.97. The van der Waals surface area contributed by atoms with Gasteiger partial charge in [0.25, 0.3) is 0 Å². The first-order valence-electron chi connectivity index (χ1n) is 7.09. The van der Waals surface area contributed by atoms with E-state index >= 15 is 0 Å². The molecule has 0 aliphatic rings. The van der Waals surface area contributed by atoms with E-state index in [4.69, 9.17) is 23.2 Å². The lowest BCUT2D eigenvalue weighted by Crippen LogP contribution is -2.10. The number of alkyl halides is 1. The average Bonchev–Trinajstić information content (AvgIpc) is 2.49. The van der Waals surface area contributed by atoms with E-state index in [1.165, 1.54) is 16.7 Å². The van der Waals surface area contributed by atoms with E-state index in [1.54, 1.807) is 0 Å². The van der Waals surface area contributed by atoms with Crippen molar-refractivity contribution >= 4 is 23.2 Å². The number of hydrogen-bond donors (Lipinski definition) is 0. The zero-order valence-corrected chi connectivity index (χ0v) is 13.3. The lowest BCUT2D eigenvalue weighted by molar-refractivity contribution is 0.584. The molecule has 0 amide bonds. The van der Waals surface area contributed by atoms with Gasteiger partial charge in [0, 0.05) is 10.9 Å². The first-order valence-corrected chi connectivity index (χ1v) is 8.00. The summed E-state index contributed by atoms with van der Waals surface area (Å²) in [4.78, 5) is 0. The summed E-state index contributed by atoms with van der Waals surface area (Å²) >= 11 is 12.0. The van der Waals surface area contributed by atoms with E-state index < -0.39 is 0 Å². The van der Waals surface area contributed by atoms with Crippen molar-refractivity contribution in [2.24, 2.45) is 5.92 Å². The molecule has 0 spiro atoms. The van der Waals surface area contributed by atoms with Crippen molar-refractivity contribution in [2.45, 2.75) is 26.2 Å². The quantitative estimate of drug-likeness (QED) is 0.614. The van der Waals surface area contributed by atoms with Crippen LogP contribution >= 0.6 is 23.2 Å². The van der Waals surface area contributed by atoms with Crippen molar-refractivity contribution in [3.63, 3.8) is 0 Å². The van der Waals surface area contributed by atoms with Crippen LogP contribution in [-0.2, 0) is 19.3 Å². The van der Waals surface area contributed by atoms with Crippen LogP contribution in [0.5, 0.6) is 0 Å². The Hall–Kier alpha value is -0.980. The molecule has 2 heteroatoms. The fourth-order valence-electron chi connectivity index (χ4n) is 2.38. The SMILES string of the molecule is CCc1ccc(CC(CCl)Cc2ccc(Cl)cc2)cc1. The maximum absolute atomic E-state index is 6.13. The lowest BCUT2D eigenvalue weighted by Gasteiger charge is -2.14. The second-order valence-electron chi connectivity index (χ2n) is 5.23. The van der Waals surface area contributed by atoms with Crippen molar-refractivity contribution in [3.8, 4) is 0 Å². The Morgan fingerprint density at radius 3 is 1.70 bits per heavy atom. The molecule has 2 rings (SSSR count). The summed E-state index contributed by atoms with van der Waals surface area (Å²) in [5.41, 5.74) is 4.04. The van der Waals surface area contributed by atoms with Crippen LogP contribution < -0.4 is 0 Å². The van der Waals surface area contributed by atoms with E-state index in [0.717, 1.165) is 24.3 Å². The van der Waals surface area contributed by atoms with Gasteiger partial charge in [-0.05, 0) is 54.0 Å². The highest BCUT2D eigenvalue weighted by atomic mass is 35.5. The van der Waals surface area contributed by atoms with Gasteiger partial charge in [-0.25, -0.2) is 0 Å². The van der Waals surface area contributed by atoms with Crippen molar-refractivity contribution in [2.75, 3.05) is 5.88 Å². The number of hydrogen-bond acceptors (Lipinski definition) is 0. The van der Waals surface area contributed by atoms with Gasteiger partial charge in [0.05, 0.1) is 0 Å². The van der Waals surface area contributed by atoms with Crippen LogP contribution in [0.4, 0.5) is 0 Å². The van der Waals surface area contributed by atoms with Crippen molar-refractivity contribution in [3.05, 3.63) is 70.2 Å². The Morgan fingerprint density at radius 2 is 1.25 bits per heavy atom. The van der Waals surface area contributed by atoms with Gasteiger partial charge in [-0.1, -0.05) is 54.9 Å². The van der Waals surface area contributed by atoms with Gasteiger partial charge in [0.15, 0.2) is 0 Å². The van der Waals surface area contributed by atoms with Crippen LogP contribution in [0.15, 0.2) is 48.5 Å². The van der Waals surface area contributed by atoms with Crippen molar-refractivity contribution in [1.29, 1.82) is 0 Å². The molecule has 0 saturated carbocycles. The maximum atomic E-state index is 6.13. The molecule has 0 radical (unpaired) electrons. The fraction of sp³-hybridized carbons (Fsp3) is 0.333. The molecule has 1 atom stereocenters. The van der Waals surface area contributed by atoms with Gasteiger partial charge >= 0.3 is 0 Å². The highest BCUT2D eigenvalue weighted by molar-refractivity contribution is 6.30. The van der Waals surface area contributed by atoms with Gasteiger partial charge in [-0.2, -0.15) is 0 Å². The first kappa shape index (κ1) is 15.4. The first-order chi connectivity index (χ1) is 9.71. The molecule has 0 bridgehead atoms. The third kappa shape index (κ3) is 4.54. The zero-order valence-electron chi connectivity index (χ0n) is 11.8. The van der Waals surface area contributed by atoms with Gasteiger partial charge in [-0.15, -0.1) is 11.6 Å². The van der Waals surface area contributed by atoms with Gasteiger partial charge in [0.1, 0.15) is 0 Å². The van der Waals surface area contributed by atoms with E-state index in [9.17, 15) is 0 Å². The topological polar surface area (TPSA) is 0 Å². The molecule has 0 heterocycles. The largest absolute Gasteiger partial charge is 0.126 e. The average molecular weight is 307 g/mol. The van der Waals surface area contributed by atoms with Crippen molar-refractivity contribution < 1.29 is 0 Å². The van der Waals surface area contributed by atoms with E-state index in [1.807, 2.05) is 12.1 Å².